The summed E-state index contributed by atoms with van der Waals surface area (Å²) in [5, 5.41) is 15.8. The van der Waals surface area contributed by atoms with E-state index in [-0.39, 0.29) is 18.4 Å². The second kappa shape index (κ2) is 6.07. The third kappa shape index (κ3) is 3.59. The molecule has 0 bridgehead atoms. The molecule has 1 amide bonds. The molecule has 2 N–H and O–H groups in total. The number of aliphatic carboxylic acids is 1. The Kier molecular flexibility index (Phi) is 4.92. The third-order valence-corrected chi connectivity index (χ3v) is 3.36. The van der Waals surface area contributed by atoms with Crippen molar-refractivity contribution in [3.8, 4) is 0 Å². The Bertz CT molecular complexity index is 486. The zero-order valence-electron chi connectivity index (χ0n) is 12.6. The first-order valence-electron chi connectivity index (χ1n) is 6.64. The van der Waals surface area contributed by atoms with Crippen LogP contribution in [0.3, 0.4) is 0 Å². The molecule has 112 valence electrons. The van der Waals surface area contributed by atoms with Gasteiger partial charge >= 0.3 is 5.97 Å². The highest BCUT2D eigenvalue weighted by atomic mass is 16.5. The Balaban J connectivity index is 2.80. The van der Waals surface area contributed by atoms with Gasteiger partial charge in [-0.15, -0.1) is 0 Å². The molecule has 1 aromatic heterocycles. The van der Waals surface area contributed by atoms with E-state index in [9.17, 15) is 9.59 Å². The van der Waals surface area contributed by atoms with Gasteiger partial charge in [0.25, 0.3) is 0 Å². The summed E-state index contributed by atoms with van der Waals surface area (Å²) in [4.78, 5) is 23.1. The number of nitrogens with one attached hydrogen (secondary N) is 1. The predicted molar refractivity (Wildman–Crippen MR) is 73.2 cm³/mol. The number of amides is 1. The fourth-order valence-electron chi connectivity index (χ4n) is 2.09. The quantitative estimate of drug-likeness (QED) is 0.835. The van der Waals surface area contributed by atoms with Crippen LogP contribution in [-0.2, 0) is 9.59 Å². The molecule has 0 saturated carbocycles. The predicted octanol–water partition coefficient (Wildman–Crippen LogP) is 2.36. The lowest BCUT2D eigenvalue weighted by Crippen LogP contribution is -2.35. The molecule has 0 aliphatic rings. The van der Waals surface area contributed by atoms with Crippen molar-refractivity contribution in [2.75, 3.05) is 0 Å². The summed E-state index contributed by atoms with van der Waals surface area (Å²) < 4.78 is 5.10. The SMILES string of the molecule is CCC(NC(=O)CC(C)(C)C(=O)O)c1c(C)noc1C. The highest BCUT2D eigenvalue weighted by Crippen LogP contribution is 2.26. The van der Waals surface area contributed by atoms with E-state index in [0.717, 1.165) is 11.3 Å². The molecule has 0 aliphatic carbocycles. The average Bonchev–Trinajstić information content (AvgIpc) is 2.65. The second-order valence-corrected chi connectivity index (χ2v) is 5.63. The molecule has 6 nitrogen and oxygen atoms in total. The molecule has 20 heavy (non-hydrogen) atoms. The van der Waals surface area contributed by atoms with Crippen LogP contribution in [0.5, 0.6) is 0 Å². The van der Waals surface area contributed by atoms with Crippen LogP contribution in [0.25, 0.3) is 0 Å². The van der Waals surface area contributed by atoms with E-state index in [4.69, 9.17) is 9.63 Å². The molecule has 0 radical (unpaired) electrons. The minimum Gasteiger partial charge on any atom is -0.481 e. The molecule has 1 atom stereocenters. The summed E-state index contributed by atoms with van der Waals surface area (Å²) in [5.74, 6) is -0.602. The highest BCUT2D eigenvalue weighted by molar-refractivity contribution is 5.84. The lowest BCUT2D eigenvalue weighted by Gasteiger charge is -2.22. The van der Waals surface area contributed by atoms with Crippen molar-refractivity contribution in [2.24, 2.45) is 5.41 Å². The number of carbonyl (C=O) groups excluding carboxylic acids is 1. The van der Waals surface area contributed by atoms with E-state index >= 15 is 0 Å². The van der Waals surface area contributed by atoms with Gasteiger partial charge in [0.15, 0.2) is 0 Å². The standard InChI is InChI=1S/C14H22N2O4/c1-6-10(12-8(2)16-20-9(12)3)15-11(17)7-14(4,5)13(18)19/h10H,6-7H2,1-5H3,(H,15,17)(H,18,19). The minimum absolute atomic E-state index is 0.0673. The maximum absolute atomic E-state index is 12.0. The van der Waals surface area contributed by atoms with Gasteiger partial charge < -0.3 is 14.9 Å². The van der Waals surface area contributed by atoms with Gasteiger partial charge in [0, 0.05) is 12.0 Å². The first-order chi connectivity index (χ1) is 9.19. The van der Waals surface area contributed by atoms with E-state index in [0.29, 0.717) is 12.2 Å². The number of hydrogen-bond acceptors (Lipinski definition) is 4. The van der Waals surface area contributed by atoms with Crippen molar-refractivity contribution >= 4 is 11.9 Å². The molecule has 0 aliphatic heterocycles. The number of aromatic nitrogens is 1. The van der Waals surface area contributed by atoms with Gasteiger partial charge in [0.05, 0.1) is 17.2 Å². The Morgan fingerprint density at radius 1 is 1.40 bits per heavy atom. The van der Waals surface area contributed by atoms with Gasteiger partial charge in [-0.2, -0.15) is 0 Å². The van der Waals surface area contributed by atoms with Crippen LogP contribution >= 0.6 is 0 Å². The molecule has 1 unspecified atom stereocenters. The summed E-state index contributed by atoms with van der Waals surface area (Å²) in [6.07, 6.45) is 0.615. The van der Waals surface area contributed by atoms with Crippen molar-refractivity contribution in [1.82, 2.24) is 10.5 Å². The van der Waals surface area contributed by atoms with E-state index < -0.39 is 11.4 Å². The van der Waals surface area contributed by atoms with Crippen LogP contribution in [0.4, 0.5) is 0 Å². The summed E-state index contributed by atoms with van der Waals surface area (Å²) in [6, 6.07) is -0.210. The molecule has 1 heterocycles. The number of rotatable bonds is 6. The zero-order chi connectivity index (χ0) is 15.5. The van der Waals surface area contributed by atoms with Crippen LogP contribution in [-0.4, -0.2) is 22.1 Å². The van der Waals surface area contributed by atoms with Gasteiger partial charge in [-0.05, 0) is 34.1 Å². The van der Waals surface area contributed by atoms with Gasteiger partial charge in [0.1, 0.15) is 5.76 Å². The van der Waals surface area contributed by atoms with E-state index in [1.54, 1.807) is 6.92 Å². The number of aryl methyl sites for hydroxylation is 2. The maximum atomic E-state index is 12.0. The highest BCUT2D eigenvalue weighted by Gasteiger charge is 2.31. The van der Waals surface area contributed by atoms with Crippen LogP contribution in [0, 0.1) is 19.3 Å². The lowest BCUT2D eigenvalue weighted by atomic mass is 9.89. The fourth-order valence-corrected chi connectivity index (χ4v) is 2.09. The van der Waals surface area contributed by atoms with Gasteiger partial charge in [-0.3, -0.25) is 9.59 Å². The second-order valence-electron chi connectivity index (χ2n) is 5.63. The van der Waals surface area contributed by atoms with E-state index in [2.05, 4.69) is 10.5 Å². The van der Waals surface area contributed by atoms with Crippen LogP contribution in [0.2, 0.25) is 0 Å². The molecule has 0 spiro atoms. The summed E-state index contributed by atoms with van der Waals surface area (Å²) in [6.45, 7) is 8.63. The van der Waals surface area contributed by atoms with Crippen molar-refractivity contribution in [3.05, 3.63) is 17.0 Å². The monoisotopic (exact) mass is 282 g/mol. The third-order valence-electron chi connectivity index (χ3n) is 3.36. The van der Waals surface area contributed by atoms with Gasteiger partial charge in [-0.1, -0.05) is 12.1 Å². The Labute approximate surface area is 118 Å². The van der Waals surface area contributed by atoms with Crippen molar-refractivity contribution in [2.45, 2.75) is 53.5 Å². The van der Waals surface area contributed by atoms with E-state index in [1.807, 2.05) is 13.8 Å². The number of carboxylic acids is 1. The normalized spacial score (nSPS) is 13.1. The Morgan fingerprint density at radius 3 is 2.40 bits per heavy atom. The topological polar surface area (TPSA) is 92.4 Å². The lowest BCUT2D eigenvalue weighted by molar-refractivity contribution is -0.149. The molecule has 0 fully saturated rings. The largest absolute Gasteiger partial charge is 0.481 e. The number of carbonyl (C=O) groups is 2. The first-order valence-corrected chi connectivity index (χ1v) is 6.64. The molecule has 1 rings (SSSR count). The van der Waals surface area contributed by atoms with Crippen LogP contribution in [0.15, 0.2) is 4.52 Å². The fraction of sp³-hybridized carbons (Fsp3) is 0.643. The van der Waals surface area contributed by atoms with Gasteiger partial charge in [-0.25, -0.2) is 0 Å². The molecule has 0 saturated heterocycles. The summed E-state index contributed by atoms with van der Waals surface area (Å²) >= 11 is 0. The molecule has 0 aromatic carbocycles. The smallest absolute Gasteiger partial charge is 0.309 e. The Morgan fingerprint density at radius 2 is 2.00 bits per heavy atom. The number of hydrogen-bond donors (Lipinski definition) is 2. The van der Waals surface area contributed by atoms with Gasteiger partial charge in [0.2, 0.25) is 5.91 Å². The van der Waals surface area contributed by atoms with Crippen molar-refractivity contribution in [3.63, 3.8) is 0 Å². The van der Waals surface area contributed by atoms with Crippen molar-refractivity contribution in [1.29, 1.82) is 0 Å². The molecule has 1 aromatic rings. The summed E-state index contributed by atoms with van der Waals surface area (Å²) in [7, 11) is 0. The van der Waals surface area contributed by atoms with Crippen LogP contribution < -0.4 is 5.32 Å². The van der Waals surface area contributed by atoms with Crippen molar-refractivity contribution < 1.29 is 19.2 Å². The zero-order valence-corrected chi connectivity index (χ0v) is 12.6. The number of carboxylic acid groups (broad SMARTS) is 1. The molecular formula is C14H22N2O4. The first kappa shape index (κ1) is 16.2. The summed E-state index contributed by atoms with van der Waals surface area (Å²) in [5.41, 5.74) is 0.530. The van der Waals surface area contributed by atoms with Crippen LogP contribution in [0.1, 0.15) is 56.7 Å². The maximum Gasteiger partial charge on any atom is 0.309 e. The molecular weight excluding hydrogens is 260 g/mol. The minimum atomic E-state index is -1.08. The average molecular weight is 282 g/mol. The molecule has 6 heteroatoms. The van der Waals surface area contributed by atoms with E-state index in [1.165, 1.54) is 13.8 Å². The number of nitrogens with zero attached hydrogens (tertiary/aromatic N) is 1. The Hall–Kier alpha value is -1.85.